The summed E-state index contributed by atoms with van der Waals surface area (Å²) < 4.78 is 23.8. The van der Waals surface area contributed by atoms with Gasteiger partial charge >= 0.3 is 0 Å². The summed E-state index contributed by atoms with van der Waals surface area (Å²) in [7, 11) is 4.52. The number of pyridine rings is 2. The maximum Gasteiger partial charge on any atom is 0.259 e. The van der Waals surface area contributed by atoms with Crippen molar-refractivity contribution in [3.05, 3.63) is 86.9 Å². The van der Waals surface area contributed by atoms with Crippen molar-refractivity contribution in [2.45, 2.75) is 19.4 Å². The Kier molecular flexibility index (Phi) is 6.15. The minimum atomic E-state index is -0.833. The lowest BCUT2D eigenvalue weighted by Gasteiger charge is -2.28. The van der Waals surface area contributed by atoms with Gasteiger partial charge in [0.2, 0.25) is 5.88 Å². The quantitative estimate of drug-likeness (QED) is 0.596. The average molecular weight is 460 g/mol. The van der Waals surface area contributed by atoms with Crippen LogP contribution in [-0.4, -0.2) is 30.9 Å². The summed E-state index contributed by atoms with van der Waals surface area (Å²) in [6.07, 6.45) is 3.34. The van der Waals surface area contributed by atoms with Gasteiger partial charge in [-0.1, -0.05) is 0 Å². The Bertz CT molecular complexity index is 1370. The molecule has 0 amide bonds. The molecule has 0 bridgehead atoms. The highest BCUT2D eigenvalue weighted by atomic mass is 16.5. The number of ether oxygens (including phenoxy) is 4. The van der Waals surface area contributed by atoms with Crippen LogP contribution in [-0.2, 0) is 6.54 Å². The van der Waals surface area contributed by atoms with E-state index in [1.807, 2.05) is 19.1 Å². The van der Waals surface area contributed by atoms with Crippen molar-refractivity contribution in [2.75, 3.05) is 21.3 Å². The van der Waals surface area contributed by atoms with E-state index in [2.05, 4.69) is 11.1 Å². The highest BCUT2D eigenvalue weighted by Gasteiger charge is 2.36. The van der Waals surface area contributed by atoms with Gasteiger partial charge in [-0.15, -0.1) is 0 Å². The zero-order valence-corrected chi connectivity index (χ0v) is 19.3. The molecule has 0 radical (unpaired) electrons. The molecule has 0 spiro atoms. The number of aryl methyl sites for hydroxylation is 1. The molecule has 1 atom stereocenters. The Labute approximate surface area is 196 Å². The van der Waals surface area contributed by atoms with Gasteiger partial charge in [-0.25, -0.2) is 0 Å². The summed E-state index contributed by atoms with van der Waals surface area (Å²) in [6.45, 7) is 2.15. The molecule has 2 aromatic heterocycles. The summed E-state index contributed by atoms with van der Waals surface area (Å²) in [6, 6.07) is 10.9. The van der Waals surface area contributed by atoms with Crippen LogP contribution in [0.25, 0.3) is 0 Å². The predicted molar refractivity (Wildman–Crippen MR) is 124 cm³/mol. The van der Waals surface area contributed by atoms with Crippen molar-refractivity contribution >= 4 is 0 Å². The van der Waals surface area contributed by atoms with Crippen molar-refractivity contribution in [3.63, 3.8) is 0 Å². The van der Waals surface area contributed by atoms with E-state index in [1.165, 1.54) is 21.3 Å². The predicted octanol–water partition coefficient (Wildman–Crippen LogP) is 2.84. The fraction of sp³-hybridized carbons (Fsp3) is 0.240. The lowest BCUT2D eigenvalue weighted by Crippen LogP contribution is -2.33. The summed E-state index contributed by atoms with van der Waals surface area (Å²) >= 11 is 0. The summed E-state index contributed by atoms with van der Waals surface area (Å²) in [4.78, 5) is 17.9. The molecule has 174 valence electrons. The van der Waals surface area contributed by atoms with Crippen LogP contribution in [0.2, 0.25) is 0 Å². The van der Waals surface area contributed by atoms with Crippen molar-refractivity contribution < 1.29 is 18.9 Å². The maximum absolute atomic E-state index is 13.9. The van der Waals surface area contributed by atoms with Crippen LogP contribution in [0.4, 0.5) is 0 Å². The molecular weight excluding hydrogens is 436 g/mol. The molecule has 0 saturated heterocycles. The van der Waals surface area contributed by atoms with Crippen LogP contribution in [0.5, 0.6) is 23.0 Å². The number of methoxy groups -OCH3 is 3. The van der Waals surface area contributed by atoms with E-state index in [4.69, 9.17) is 24.7 Å². The molecule has 3 heterocycles. The molecule has 34 heavy (non-hydrogen) atoms. The Morgan fingerprint density at radius 3 is 2.35 bits per heavy atom. The number of nitriles is 1. The van der Waals surface area contributed by atoms with Gasteiger partial charge in [0.25, 0.3) is 5.56 Å². The standard InChI is InChI=1S/C25H24N4O5/c1-14-9-21-23(25(30)29(14)13-15-5-7-28-8-6-15)22(17(12-26)24(27)34-21)16-10-19(32-3)20(33-4)11-18(16)31-2/h5-11,22H,13,27H2,1-4H3/t22-/m1/s1. The second kappa shape index (κ2) is 9.19. The van der Waals surface area contributed by atoms with Crippen LogP contribution in [0.1, 0.15) is 28.3 Å². The molecule has 1 aromatic carbocycles. The number of allylic oxidation sites excluding steroid dienone is 1. The van der Waals surface area contributed by atoms with Gasteiger partial charge in [0.05, 0.1) is 39.4 Å². The topological polar surface area (TPSA) is 122 Å². The molecule has 3 aromatic rings. The summed E-state index contributed by atoms with van der Waals surface area (Å²) in [5, 5.41) is 9.98. The first kappa shape index (κ1) is 22.7. The van der Waals surface area contributed by atoms with Crippen LogP contribution in [0.3, 0.4) is 0 Å². The normalized spacial score (nSPS) is 14.6. The first-order valence-corrected chi connectivity index (χ1v) is 10.4. The highest BCUT2D eigenvalue weighted by Crippen LogP contribution is 2.46. The molecule has 2 N–H and O–H groups in total. The van der Waals surface area contributed by atoms with Crippen molar-refractivity contribution in [1.82, 2.24) is 9.55 Å². The number of nitrogens with two attached hydrogens (primary N) is 1. The Morgan fingerprint density at radius 1 is 1.09 bits per heavy atom. The number of benzene rings is 1. The average Bonchev–Trinajstić information content (AvgIpc) is 2.85. The van der Waals surface area contributed by atoms with E-state index in [1.54, 1.807) is 35.2 Å². The van der Waals surface area contributed by atoms with Gasteiger partial charge in [-0.3, -0.25) is 9.78 Å². The van der Waals surface area contributed by atoms with Crippen LogP contribution in [0.15, 0.2) is 59.0 Å². The highest BCUT2D eigenvalue weighted by molar-refractivity contribution is 5.61. The SMILES string of the molecule is COc1cc(OC)c([C@@H]2C(C#N)=C(N)Oc3cc(C)n(Cc4ccncc4)c(=O)c32)cc1OC. The second-order valence-corrected chi connectivity index (χ2v) is 7.68. The Balaban J connectivity index is 1.99. The largest absolute Gasteiger partial charge is 0.496 e. The molecule has 0 saturated carbocycles. The molecule has 9 nitrogen and oxygen atoms in total. The third-order valence-corrected chi connectivity index (χ3v) is 5.83. The fourth-order valence-electron chi connectivity index (χ4n) is 4.14. The molecule has 0 unspecified atom stereocenters. The maximum atomic E-state index is 13.9. The molecule has 4 rings (SSSR count). The fourth-order valence-corrected chi connectivity index (χ4v) is 4.14. The first-order chi connectivity index (χ1) is 16.4. The van der Waals surface area contributed by atoms with Gasteiger partial charge < -0.3 is 29.2 Å². The van der Waals surface area contributed by atoms with Gasteiger partial charge in [0.1, 0.15) is 23.1 Å². The first-order valence-electron chi connectivity index (χ1n) is 10.4. The van der Waals surface area contributed by atoms with Crippen molar-refractivity contribution in [3.8, 4) is 29.1 Å². The third-order valence-electron chi connectivity index (χ3n) is 5.83. The smallest absolute Gasteiger partial charge is 0.259 e. The molecule has 9 heteroatoms. The molecular formula is C25H24N4O5. The van der Waals surface area contributed by atoms with E-state index < -0.39 is 5.92 Å². The number of aromatic nitrogens is 2. The van der Waals surface area contributed by atoms with Crippen molar-refractivity contribution in [2.24, 2.45) is 5.73 Å². The number of nitrogens with zero attached hydrogens (tertiary/aromatic N) is 3. The number of hydrogen-bond donors (Lipinski definition) is 1. The zero-order valence-electron chi connectivity index (χ0n) is 19.3. The molecule has 0 aliphatic carbocycles. The van der Waals surface area contributed by atoms with Crippen LogP contribution >= 0.6 is 0 Å². The van der Waals surface area contributed by atoms with Crippen LogP contribution < -0.4 is 30.2 Å². The number of rotatable bonds is 6. The van der Waals surface area contributed by atoms with E-state index in [9.17, 15) is 10.1 Å². The Morgan fingerprint density at radius 2 is 1.74 bits per heavy atom. The Hall–Kier alpha value is -4.45. The molecule has 1 aliphatic heterocycles. The van der Waals surface area contributed by atoms with E-state index in [0.717, 1.165) is 5.56 Å². The summed E-state index contributed by atoms with van der Waals surface area (Å²) in [5.41, 5.74) is 8.36. The minimum Gasteiger partial charge on any atom is -0.496 e. The molecule has 1 aliphatic rings. The zero-order chi connectivity index (χ0) is 24.4. The number of hydrogen-bond acceptors (Lipinski definition) is 8. The van der Waals surface area contributed by atoms with Gasteiger partial charge in [0.15, 0.2) is 11.5 Å². The van der Waals surface area contributed by atoms with E-state index in [0.29, 0.717) is 40.8 Å². The van der Waals surface area contributed by atoms with E-state index >= 15 is 0 Å². The molecule has 0 fully saturated rings. The third kappa shape index (κ3) is 3.79. The lowest BCUT2D eigenvalue weighted by molar-refractivity contribution is 0.346. The van der Waals surface area contributed by atoms with Crippen molar-refractivity contribution in [1.29, 1.82) is 5.26 Å². The van der Waals surface area contributed by atoms with Crippen LogP contribution in [0, 0.1) is 18.3 Å². The van der Waals surface area contributed by atoms with Gasteiger partial charge in [-0.05, 0) is 30.7 Å². The summed E-state index contributed by atoms with van der Waals surface area (Å²) in [5.74, 6) is 0.683. The van der Waals surface area contributed by atoms with E-state index in [-0.39, 0.29) is 22.6 Å². The van der Waals surface area contributed by atoms with Gasteiger partial charge in [0, 0.05) is 35.8 Å². The lowest BCUT2D eigenvalue weighted by atomic mass is 9.83. The second-order valence-electron chi connectivity index (χ2n) is 7.68. The van der Waals surface area contributed by atoms with Gasteiger partial charge in [-0.2, -0.15) is 5.26 Å². The monoisotopic (exact) mass is 460 g/mol. The number of fused-ring (bicyclic) bond motifs is 1. The minimum absolute atomic E-state index is 0.0671.